The van der Waals surface area contributed by atoms with Gasteiger partial charge >= 0.3 is 0 Å². The summed E-state index contributed by atoms with van der Waals surface area (Å²) in [6.07, 6.45) is 3.69. The fraction of sp³-hybridized carbons (Fsp3) is 0.786. The second-order valence-corrected chi connectivity index (χ2v) is 7.17. The first kappa shape index (κ1) is 14.0. The van der Waals surface area contributed by atoms with Crippen LogP contribution in [0.2, 0.25) is 0 Å². The first-order valence-electron chi connectivity index (χ1n) is 6.85. The molecule has 1 aromatic rings. The van der Waals surface area contributed by atoms with Crippen LogP contribution in [0.1, 0.15) is 54.7 Å². The molecule has 0 radical (unpaired) electrons. The van der Waals surface area contributed by atoms with Crippen molar-refractivity contribution in [3.05, 3.63) is 15.6 Å². The molecule has 1 fully saturated rings. The van der Waals surface area contributed by atoms with Crippen LogP contribution >= 0.6 is 11.3 Å². The standard InChI is InChI=1S/C14H25N3S/c1-9(13-10(2)17-11(3)18-13)16-8-14(4)7-5-6-12(14)15/h9,12,16H,5-8,15H2,1-4H3. The second kappa shape index (κ2) is 5.27. The fourth-order valence-electron chi connectivity index (χ4n) is 2.91. The van der Waals surface area contributed by atoms with Crippen molar-refractivity contribution < 1.29 is 0 Å². The van der Waals surface area contributed by atoms with Crippen LogP contribution in [0.5, 0.6) is 0 Å². The maximum Gasteiger partial charge on any atom is 0.0900 e. The van der Waals surface area contributed by atoms with Crippen molar-refractivity contribution in [3.63, 3.8) is 0 Å². The van der Waals surface area contributed by atoms with Crippen molar-refractivity contribution in [1.82, 2.24) is 10.3 Å². The van der Waals surface area contributed by atoms with E-state index in [2.05, 4.69) is 38.0 Å². The monoisotopic (exact) mass is 267 g/mol. The summed E-state index contributed by atoms with van der Waals surface area (Å²) in [7, 11) is 0. The molecule has 1 saturated carbocycles. The zero-order chi connectivity index (χ0) is 13.3. The molecule has 2 rings (SSSR count). The Morgan fingerprint density at radius 2 is 2.28 bits per heavy atom. The van der Waals surface area contributed by atoms with E-state index < -0.39 is 0 Å². The lowest BCUT2D eigenvalue weighted by molar-refractivity contribution is 0.268. The number of nitrogens with two attached hydrogens (primary N) is 1. The number of aromatic nitrogens is 1. The van der Waals surface area contributed by atoms with Gasteiger partial charge in [0.1, 0.15) is 0 Å². The molecule has 0 bridgehead atoms. The molecule has 102 valence electrons. The molecule has 3 nitrogen and oxygen atoms in total. The summed E-state index contributed by atoms with van der Waals surface area (Å²) in [6.45, 7) is 9.72. The Labute approximate surface area is 114 Å². The van der Waals surface area contributed by atoms with Gasteiger partial charge < -0.3 is 11.1 Å². The van der Waals surface area contributed by atoms with Gasteiger partial charge in [0.2, 0.25) is 0 Å². The molecule has 0 amide bonds. The molecule has 3 N–H and O–H groups in total. The Hall–Kier alpha value is -0.450. The van der Waals surface area contributed by atoms with Crippen LogP contribution in [0.15, 0.2) is 0 Å². The molecule has 3 atom stereocenters. The van der Waals surface area contributed by atoms with Crippen LogP contribution in [0.4, 0.5) is 0 Å². The number of hydrogen-bond acceptors (Lipinski definition) is 4. The van der Waals surface area contributed by atoms with Crippen LogP contribution in [0, 0.1) is 19.3 Å². The number of aryl methyl sites for hydroxylation is 2. The number of rotatable bonds is 4. The van der Waals surface area contributed by atoms with E-state index in [1.165, 1.54) is 29.8 Å². The Morgan fingerprint density at radius 3 is 2.78 bits per heavy atom. The van der Waals surface area contributed by atoms with Gasteiger partial charge in [0.15, 0.2) is 0 Å². The fourth-order valence-corrected chi connectivity index (χ4v) is 3.86. The molecule has 1 aliphatic rings. The van der Waals surface area contributed by atoms with Crippen molar-refractivity contribution >= 4 is 11.3 Å². The summed E-state index contributed by atoms with van der Waals surface area (Å²) in [6, 6.07) is 0.724. The molecule has 4 heteroatoms. The van der Waals surface area contributed by atoms with Gasteiger partial charge in [-0.1, -0.05) is 13.3 Å². The second-order valence-electron chi connectivity index (χ2n) is 5.94. The smallest absolute Gasteiger partial charge is 0.0900 e. The van der Waals surface area contributed by atoms with Gasteiger partial charge in [-0.15, -0.1) is 11.3 Å². The maximum absolute atomic E-state index is 6.22. The minimum Gasteiger partial charge on any atom is -0.327 e. The van der Waals surface area contributed by atoms with Crippen molar-refractivity contribution in [1.29, 1.82) is 0 Å². The molecular formula is C14H25N3S. The average molecular weight is 267 g/mol. The first-order chi connectivity index (χ1) is 8.42. The lowest BCUT2D eigenvalue weighted by Gasteiger charge is -2.30. The lowest BCUT2D eigenvalue weighted by Crippen LogP contribution is -2.43. The van der Waals surface area contributed by atoms with Crippen molar-refractivity contribution in [2.75, 3.05) is 6.54 Å². The topological polar surface area (TPSA) is 50.9 Å². The van der Waals surface area contributed by atoms with Crippen LogP contribution in [-0.2, 0) is 0 Å². The summed E-state index contributed by atoms with van der Waals surface area (Å²) in [4.78, 5) is 5.86. The van der Waals surface area contributed by atoms with Gasteiger partial charge in [0.25, 0.3) is 0 Å². The van der Waals surface area contributed by atoms with E-state index in [0.29, 0.717) is 12.1 Å². The molecule has 1 heterocycles. The lowest BCUT2D eigenvalue weighted by atomic mass is 9.85. The maximum atomic E-state index is 6.22. The molecule has 1 aromatic heterocycles. The Bertz CT molecular complexity index is 415. The zero-order valence-corrected chi connectivity index (χ0v) is 12.7. The molecular weight excluding hydrogens is 242 g/mol. The molecule has 1 aliphatic carbocycles. The van der Waals surface area contributed by atoms with Crippen molar-refractivity contribution in [3.8, 4) is 0 Å². The minimum absolute atomic E-state index is 0.266. The number of nitrogens with one attached hydrogen (secondary N) is 1. The van der Waals surface area contributed by atoms with Gasteiger partial charge in [0, 0.05) is 23.5 Å². The Kier molecular flexibility index (Phi) is 4.09. The highest BCUT2D eigenvalue weighted by molar-refractivity contribution is 7.11. The van der Waals surface area contributed by atoms with Crippen LogP contribution in [-0.4, -0.2) is 17.6 Å². The first-order valence-corrected chi connectivity index (χ1v) is 7.67. The number of hydrogen-bond donors (Lipinski definition) is 2. The third kappa shape index (κ3) is 2.76. The molecule has 0 spiro atoms. The van der Waals surface area contributed by atoms with Crippen LogP contribution in [0.3, 0.4) is 0 Å². The van der Waals surface area contributed by atoms with E-state index in [-0.39, 0.29) is 5.41 Å². The van der Waals surface area contributed by atoms with Gasteiger partial charge in [-0.2, -0.15) is 0 Å². The van der Waals surface area contributed by atoms with E-state index in [0.717, 1.165) is 11.6 Å². The summed E-state index contributed by atoms with van der Waals surface area (Å²) >= 11 is 1.80. The van der Waals surface area contributed by atoms with E-state index >= 15 is 0 Å². The molecule has 18 heavy (non-hydrogen) atoms. The van der Waals surface area contributed by atoms with Crippen LogP contribution < -0.4 is 11.1 Å². The predicted octanol–water partition coefficient (Wildman–Crippen LogP) is 2.93. The minimum atomic E-state index is 0.266. The van der Waals surface area contributed by atoms with E-state index in [9.17, 15) is 0 Å². The van der Waals surface area contributed by atoms with Crippen molar-refractivity contribution in [2.45, 2.75) is 59.0 Å². The van der Waals surface area contributed by atoms with Crippen LogP contribution in [0.25, 0.3) is 0 Å². The van der Waals surface area contributed by atoms with E-state index in [1.807, 2.05) is 0 Å². The predicted molar refractivity (Wildman–Crippen MR) is 77.9 cm³/mol. The highest BCUT2D eigenvalue weighted by atomic mass is 32.1. The van der Waals surface area contributed by atoms with Gasteiger partial charge in [0.05, 0.1) is 10.7 Å². The summed E-state index contributed by atoms with van der Waals surface area (Å²) in [5.74, 6) is 0. The van der Waals surface area contributed by atoms with Gasteiger partial charge in [-0.25, -0.2) is 4.98 Å². The zero-order valence-electron chi connectivity index (χ0n) is 11.9. The van der Waals surface area contributed by atoms with E-state index in [1.54, 1.807) is 11.3 Å². The molecule has 0 aromatic carbocycles. The number of thiazole rings is 1. The largest absolute Gasteiger partial charge is 0.327 e. The summed E-state index contributed by atoms with van der Waals surface area (Å²) in [5.41, 5.74) is 7.65. The van der Waals surface area contributed by atoms with Crippen molar-refractivity contribution in [2.24, 2.45) is 11.1 Å². The highest BCUT2D eigenvalue weighted by Crippen LogP contribution is 2.36. The summed E-state index contributed by atoms with van der Waals surface area (Å²) in [5, 5.41) is 4.81. The molecule has 3 unspecified atom stereocenters. The van der Waals surface area contributed by atoms with E-state index in [4.69, 9.17) is 5.73 Å². The molecule has 0 aliphatic heterocycles. The van der Waals surface area contributed by atoms with Gasteiger partial charge in [-0.05, 0) is 39.0 Å². The third-order valence-corrected chi connectivity index (χ3v) is 5.56. The summed E-state index contributed by atoms with van der Waals surface area (Å²) < 4.78 is 0. The molecule has 0 saturated heterocycles. The van der Waals surface area contributed by atoms with Gasteiger partial charge in [-0.3, -0.25) is 0 Å². The normalized spacial score (nSPS) is 29.7. The Morgan fingerprint density at radius 1 is 1.56 bits per heavy atom. The quantitative estimate of drug-likeness (QED) is 0.882. The third-order valence-electron chi connectivity index (χ3n) is 4.30. The highest BCUT2D eigenvalue weighted by Gasteiger charge is 2.36. The number of nitrogens with zero attached hydrogens (tertiary/aromatic N) is 1. The SMILES string of the molecule is Cc1nc(C)c(C(C)NCC2(C)CCCC2N)s1. The Balaban J connectivity index is 1.96. The average Bonchev–Trinajstić information content (AvgIpc) is 2.80.